The van der Waals surface area contributed by atoms with Crippen molar-refractivity contribution in [2.24, 2.45) is 5.92 Å². The van der Waals surface area contributed by atoms with Crippen LogP contribution in [0.3, 0.4) is 0 Å². The predicted octanol–water partition coefficient (Wildman–Crippen LogP) is 2.43. The number of piperidine rings is 1. The fourth-order valence-corrected chi connectivity index (χ4v) is 4.47. The van der Waals surface area contributed by atoms with Gasteiger partial charge in [-0.1, -0.05) is 30.3 Å². The molecule has 1 unspecified atom stereocenters. The smallest absolute Gasteiger partial charge is 0.235 e. The van der Waals surface area contributed by atoms with Gasteiger partial charge in [0.25, 0.3) is 0 Å². The molecule has 3 heterocycles. The topological polar surface area (TPSA) is 63.7 Å². The van der Waals surface area contributed by atoms with E-state index >= 15 is 0 Å². The number of hydrogen-bond donors (Lipinski definition) is 1. The Hall–Kier alpha value is -1.80. The number of ether oxygens (including phenoxy) is 2. The molecule has 0 spiro atoms. The van der Waals surface area contributed by atoms with E-state index in [4.69, 9.17) is 9.47 Å². The normalized spacial score (nSPS) is 20.6. The Labute approximate surface area is 163 Å². The maximum absolute atomic E-state index is 12.7. The Bertz CT molecular complexity index is 711. The van der Waals surface area contributed by atoms with Crippen LogP contribution in [0.25, 0.3) is 0 Å². The zero-order valence-corrected chi connectivity index (χ0v) is 16.1. The summed E-state index contributed by atoms with van der Waals surface area (Å²) in [6, 6.07) is 9.81. The zero-order valence-electron chi connectivity index (χ0n) is 15.3. The van der Waals surface area contributed by atoms with Crippen molar-refractivity contribution >= 4 is 17.2 Å². The highest BCUT2D eigenvalue weighted by atomic mass is 32.1. The molecule has 0 bridgehead atoms. The predicted molar refractivity (Wildman–Crippen MR) is 103 cm³/mol. The molecule has 0 saturated carbocycles. The molecule has 1 aromatic carbocycles. The number of amides is 1. The zero-order chi connectivity index (χ0) is 18.5. The monoisotopic (exact) mass is 387 g/mol. The lowest BCUT2D eigenvalue weighted by molar-refractivity contribution is -0.124. The molecular weight excluding hydrogens is 362 g/mol. The first-order valence-corrected chi connectivity index (χ1v) is 10.4. The largest absolute Gasteiger partial charge is 0.350 e. The van der Waals surface area contributed by atoms with Crippen molar-refractivity contribution in [2.75, 3.05) is 32.8 Å². The van der Waals surface area contributed by atoms with Crippen LogP contribution in [0.15, 0.2) is 41.9 Å². The first kappa shape index (κ1) is 18.6. The summed E-state index contributed by atoms with van der Waals surface area (Å²) in [7, 11) is 0. The van der Waals surface area contributed by atoms with Crippen LogP contribution in [0.4, 0.5) is 0 Å². The van der Waals surface area contributed by atoms with Crippen molar-refractivity contribution in [3.8, 4) is 0 Å². The Morgan fingerprint density at radius 1 is 1.22 bits per heavy atom. The van der Waals surface area contributed by atoms with Gasteiger partial charge in [-0.25, -0.2) is 4.98 Å². The van der Waals surface area contributed by atoms with Gasteiger partial charge >= 0.3 is 0 Å². The van der Waals surface area contributed by atoms with E-state index in [0.29, 0.717) is 25.7 Å². The van der Waals surface area contributed by atoms with Gasteiger partial charge in [-0.3, -0.25) is 9.69 Å². The van der Waals surface area contributed by atoms with E-state index < -0.39 is 0 Å². The fourth-order valence-electron chi connectivity index (χ4n) is 3.75. The summed E-state index contributed by atoms with van der Waals surface area (Å²) in [6.45, 7) is 3.60. The third kappa shape index (κ3) is 4.73. The quantitative estimate of drug-likeness (QED) is 0.825. The molecule has 1 aromatic heterocycles. The van der Waals surface area contributed by atoms with Crippen LogP contribution in [0, 0.1) is 5.92 Å². The Kier molecular flexibility index (Phi) is 6.14. The number of thiazole rings is 1. The van der Waals surface area contributed by atoms with Crippen molar-refractivity contribution in [1.82, 2.24) is 15.2 Å². The molecule has 144 valence electrons. The van der Waals surface area contributed by atoms with E-state index in [-0.39, 0.29) is 18.2 Å². The van der Waals surface area contributed by atoms with Gasteiger partial charge in [0.2, 0.25) is 5.91 Å². The molecule has 1 atom stereocenters. The molecule has 4 rings (SSSR count). The number of likely N-dealkylation sites (tertiary alicyclic amines) is 1. The van der Waals surface area contributed by atoms with Crippen LogP contribution in [0.1, 0.15) is 29.5 Å². The first-order chi connectivity index (χ1) is 13.3. The number of carbonyl (C=O) groups is 1. The van der Waals surface area contributed by atoms with E-state index in [1.165, 1.54) is 0 Å². The Balaban J connectivity index is 1.32. The number of hydrogen-bond acceptors (Lipinski definition) is 6. The number of rotatable bonds is 6. The van der Waals surface area contributed by atoms with E-state index in [2.05, 4.69) is 15.2 Å². The van der Waals surface area contributed by atoms with Crippen molar-refractivity contribution < 1.29 is 14.3 Å². The summed E-state index contributed by atoms with van der Waals surface area (Å²) < 4.78 is 11.3. The standard InChI is InChI=1S/C20H25N3O3S/c24-17(14-23-9-6-16(7-10-23)20-25-11-12-26-20)22-18(19-21-8-13-27-19)15-4-2-1-3-5-15/h1-5,8,13,16,18,20H,6-7,9-12,14H2,(H,22,24). The molecule has 27 heavy (non-hydrogen) atoms. The SMILES string of the molecule is O=C(CN1CCC(C2OCCO2)CC1)NC(c1ccccc1)c1nccs1. The third-order valence-electron chi connectivity index (χ3n) is 5.17. The highest BCUT2D eigenvalue weighted by molar-refractivity contribution is 7.09. The van der Waals surface area contributed by atoms with Crippen molar-refractivity contribution in [3.63, 3.8) is 0 Å². The van der Waals surface area contributed by atoms with Gasteiger partial charge in [0.05, 0.1) is 19.8 Å². The van der Waals surface area contributed by atoms with E-state index in [1.54, 1.807) is 17.5 Å². The maximum atomic E-state index is 12.7. The van der Waals surface area contributed by atoms with Gasteiger partial charge in [0, 0.05) is 17.5 Å². The second kappa shape index (κ2) is 8.93. The molecule has 1 N–H and O–H groups in total. The molecule has 2 aliphatic rings. The van der Waals surface area contributed by atoms with Crippen LogP contribution in [0.5, 0.6) is 0 Å². The molecule has 1 amide bonds. The number of carbonyl (C=O) groups excluding carboxylic acids is 1. The van der Waals surface area contributed by atoms with Crippen LogP contribution in [0.2, 0.25) is 0 Å². The van der Waals surface area contributed by atoms with Crippen LogP contribution < -0.4 is 5.32 Å². The summed E-state index contributed by atoms with van der Waals surface area (Å²) in [5, 5.41) is 6.01. The maximum Gasteiger partial charge on any atom is 0.235 e. The summed E-state index contributed by atoms with van der Waals surface area (Å²) in [4.78, 5) is 19.3. The van der Waals surface area contributed by atoms with Gasteiger partial charge < -0.3 is 14.8 Å². The van der Waals surface area contributed by atoms with E-state index in [0.717, 1.165) is 36.5 Å². The molecule has 0 radical (unpaired) electrons. The lowest BCUT2D eigenvalue weighted by Crippen LogP contribution is -2.44. The summed E-state index contributed by atoms with van der Waals surface area (Å²) >= 11 is 1.56. The van der Waals surface area contributed by atoms with Crippen LogP contribution >= 0.6 is 11.3 Å². The van der Waals surface area contributed by atoms with Gasteiger partial charge in [0.15, 0.2) is 6.29 Å². The molecule has 0 aliphatic carbocycles. The third-order valence-corrected chi connectivity index (χ3v) is 6.01. The molecule has 2 saturated heterocycles. The number of nitrogens with one attached hydrogen (secondary N) is 1. The van der Waals surface area contributed by atoms with Crippen LogP contribution in [-0.2, 0) is 14.3 Å². The molecule has 2 aliphatic heterocycles. The molecule has 2 aromatic rings. The Morgan fingerprint density at radius 3 is 2.63 bits per heavy atom. The summed E-state index contributed by atoms with van der Waals surface area (Å²) in [5.41, 5.74) is 1.05. The first-order valence-electron chi connectivity index (χ1n) is 9.49. The van der Waals surface area contributed by atoms with Gasteiger partial charge in [-0.05, 0) is 31.5 Å². The second-order valence-corrected chi connectivity index (χ2v) is 7.93. The summed E-state index contributed by atoms with van der Waals surface area (Å²) in [5.74, 6) is 0.477. The lowest BCUT2D eigenvalue weighted by Gasteiger charge is -2.33. The van der Waals surface area contributed by atoms with Crippen molar-refractivity contribution in [1.29, 1.82) is 0 Å². The van der Waals surface area contributed by atoms with E-state index in [9.17, 15) is 4.79 Å². The number of benzene rings is 1. The van der Waals surface area contributed by atoms with Crippen molar-refractivity contribution in [2.45, 2.75) is 25.2 Å². The average Bonchev–Trinajstić information content (AvgIpc) is 3.41. The number of nitrogens with zero attached hydrogens (tertiary/aromatic N) is 2. The minimum Gasteiger partial charge on any atom is -0.350 e. The van der Waals surface area contributed by atoms with Crippen LogP contribution in [-0.4, -0.2) is 54.9 Å². The minimum atomic E-state index is -0.198. The highest BCUT2D eigenvalue weighted by Gasteiger charge is 2.31. The van der Waals surface area contributed by atoms with E-state index in [1.807, 2.05) is 35.7 Å². The fraction of sp³-hybridized carbons (Fsp3) is 0.500. The molecular formula is C20H25N3O3S. The van der Waals surface area contributed by atoms with Gasteiger partial charge in [-0.2, -0.15) is 0 Å². The Morgan fingerprint density at radius 2 is 1.96 bits per heavy atom. The van der Waals surface area contributed by atoms with Gasteiger partial charge in [0.1, 0.15) is 11.0 Å². The molecule has 6 nitrogen and oxygen atoms in total. The number of aromatic nitrogens is 1. The van der Waals surface area contributed by atoms with Gasteiger partial charge in [-0.15, -0.1) is 11.3 Å². The lowest BCUT2D eigenvalue weighted by atomic mass is 9.96. The van der Waals surface area contributed by atoms with Crippen molar-refractivity contribution in [3.05, 3.63) is 52.5 Å². The summed E-state index contributed by atoms with van der Waals surface area (Å²) in [6.07, 6.45) is 3.74. The molecule has 2 fully saturated rings. The second-order valence-electron chi connectivity index (χ2n) is 7.01. The molecule has 7 heteroatoms. The average molecular weight is 388 g/mol. The minimum absolute atomic E-state index is 0.0332. The highest BCUT2D eigenvalue weighted by Crippen LogP contribution is 2.26.